The fourth-order valence-electron chi connectivity index (χ4n) is 2.54. The molecule has 1 nitrogen and oxygen atoms in total. The lowest BCUT2D eigenvalue weighted by Gasteiger charge is -2.24. The van der Waals surface area contributed by atoms with E-state index >= 15 is 0 Å². The van der Waals surface area contributed by atoms with Gasteiger partial charge in [0.2, 0.25) is 0 Å². The molecule has 1 aromatic carbocycles. The van der Waals surface area contributed by atoms with E-state index in [1.165, 1.54) is 31.2 Å². The average Bonchev–Trinajstić information content (AvgIpc) is 3.19. The summed E-state index contributed by atoms with van der Waals surface area (Å²) in [5, 5.41) is 4.64. The van der Waals surface area contributed by atoms with E-state index in [0.29, 0.717) is 12.1 Å². The van der Waals surface area contributed by atoms with Crippen LogP contribution in [-0.2, 0) is 0 Å². The van der Waals surface area contributed by atoms with Crippen molar-refractivity contribution in [1.82, 2.24) is 5.32 Å². The molecule has 2 atom stereocenters. The normalized spacial score (nSPS) is 18.6. The Morgan fingerprint density at radius 1 is 1.17 bits per heavy atom. The van der Waals surface area contributed by atoms with Gasteiger partial charge in [0.15, 0.2) is 0 Å². The zero-order valence-electron chi connectivity index (χ0n) is 11.5. The number of halogens is 1. The quantitative estimate of drug-likeness (QED) is 0.735. The summed E-state index contributed by atoms with van der Waals surface area (Å²) in [5.41, 5.74) is 1.36. The Bertz CT molecular complexity index is 356. The molecule has 2 unspecified atom stereocenters. The molecule has 1 aliphatic rings. The maximum absolute atomic E-state index is 5.95. The number of hydrogen-bond acceptors (Lipinski definition) is 1. The van der Waals surface area contributed by atoms with E-state index in [0.717, 1.165) is 17.4 Å². The Labute approximate surface area is 116 Å². The Morgan fingerprint density at radius 2 is 1.83 bits per heavy atom. The second-order valence-electron chi connectivity index (χ2n) is 5.46. The van der Waals surface area contributed by atoms with Gasteiger partial charge in [0.05, 0.1) is 0 Å². The molecule has 0 aromatic heterocycles. The van der Waals surface area contributed by atoms with Crippen LogP contribution in [0.3, 0.4) is 0 Å². The van der Waals surface area contributed by atoms with Crippen LogP contribution in [0.15, 0.2) is 24.3 Å². The van der Waals surface area contributed by atoms with Crippen LogP contribution in [0.2, 0.25) is 5.02 Å². The first-order chi connectivity index (χ1) is 8.72. The van der Waals surface area contributed by atoms with Crippen LogP contribution in [0.4, 0.5) is 0 Å². The lowest BCUT2D eigenvalue weighted by molar-refractivity contribution is 0.383. The van der Waals surface area contributed by atoms with E-state index in [1.54, 1.807) is 0 Å². The van der Waals surface area contributed by atoms with Crippen LogP contribution >= 0.6 is 11.6 Å². The first kappa shape index (κ1) is 13.9. The average molecular weight is 266 g/mol. The highest BCUT2D eigenvalue weighted by Crippen LogP contribution is 2.34. The largest absolute Gasteiger partial charge is 0.307 e. The van der Waals surface area contributed by atoms with Gasteiger partial charge in [0.1, 0.15) is 0 Å². The van der Waals surface area contributed by atoms with E-state index in [-0.39, 0.29) is 0 Å². The fraction of sp³-hybridized carbons (Fsp3) is 0.625. The molecule has 2 rings (SSSR count). The minimum atomic E-state index is 0.464. The fourth-order valence-corrected chi connectivity index (χ4v) is 2.66. The molecule has 0 amide bonds. The van der Waals surface area contributed by atoms with Gasteiger partial charge in [0, 0.05) is 17.1 Å². The zero-order valence-corrected chi connectivity index (χ0v) is 12.2. The molecule has 1 saturated carbocycles. The molecular weight excluding hydrogens is 242 g/mol. The third kappa shape index (κ3) is 4.00. The predicted molar refractivity (Wildman–Crippen MR) is 79.0 cm³/mol. The van der Waals surface area contributed by atoms with Gasteiger partial charge in [0.25, 0.3) is 0 Å². The molecule has 0 saturated heterocycles. The molecule has 1 aliphatic carbocycles. The Morgan fingerprint density at radius 3 is 2.33 bits per heavy atom. The lowest BCUT2D eigenvalue weighted by atomic mass is 10.0. The highest BCUT2D eigenvalue weighted by atomic mass is 35.5. The van der Waals surface area contributed by atoms with Crippen LogP contribution in [0.1, 0.15) is 57.6 Å². The lowest BCUT2D eigenvalue weighted by Crippen LogP contribution is -2.32. The molecule has 100 valence electrons. The summed E-state index contributed by atoms with van der Waals surface area (Å²) in [5.74, 6) is 0.991. The number of rotatable bonds is 7. The summed E-state index contributed by atoms with van der Waals surface area (Å²) >= 11 is 5.95. The van der Waals surface area contributed by atoms with Gasteiger partial charge < -0.3 is 5.32 Å². The van der Waals surface area contributed by atoms with Crippen molar-refractivity contribution >= 4 is 11.6 Å². The first-order valence-electron chi connectivity index (χ1n) is 7.24. The maximum atomic E-state index is 5.95. The van der Waals surface area contributed by atoms with Gasteiger partial charge >= 0.3 is 0 Å². The SMILES string of the molecule is CCC(CC1CC1)NC(CC)c1ccc(Cl)cc1. The standard InChI is InChI=1S/C16H24ClN/c1-3-15(11-12-5-6-12)18-16(4-2)13-7-9-14(17)10-8-13/h7-10,12,15-16,18H,3-6,11H2,1-2H3. The minimum Gasteiger partial charge on any atom is -0.307 e. The minimum absolute atomic E-state index is 0.464. The predicted octanol–water partition coefficient (Wildman–Crippen LogP) is 4.96. The van der Waals surface area contributed by atoms with Gasteiger partial charge in [-0.2, -0.15) is 0 Å². The van der Waals surface area contributed by atoms with Crippen LogP contribution in [-0.4, -0.2) is 6.04 Å². The monoisotopic (exact) mass is 265 g/mol. The van der Waals surface area contributed by atoms with Gasteiger partial charge in [-0.05, 0) is 42.9 Å². The highest BCUT2D eigenvalue weighted by molar-refractivity contribution is 6.30. The molecule has 1 N–H and O–H groups in total. The molecule has 18 heavy (non-hydrogen) atoms. The summed E-state index contributed by atoms with van der Waals surface area (Å²) in [6.45, 7) is 4.53. The third-order valence-electron chi connectivity index (χ3n) is 3.93. The summed E-state index contributed by atoms with van der Waals surface area (Å²) in [4.78, 5) is 0. The summed E-state index contributed by atoms with van der Waals surface area (Å²) in [6, 6.07) is 9.40. The Hall–Kier alpha value is -0.530. The zero-order chi connectivity index (χ0) is 13.0. The summed E-state index contributed by atoms with van der Waals surface area (Å²) in [7, 11) is 0. The van der Waals surface area contributed by atoms with Gasteiger partial charge in [-0.25, -0.2) is 0 Å². The first-order valence-corrected chi connectivity index (χ1v) is 7.62. The number of nitrogens with one attached hydrogen (secondary N) is 1. The van der Waals surface area contributed by atoms with Crippen LogP contribution in [0.5, 0.6) is 0 Å². The van der Waals surface area contributed by atoms with Crippen LogP contribution in [0, 0.1) is 5.92 Å². The van der Waals surface area contributed by atoms with E-state index in [9.17, 15) is 0 Å². The smallest absolute Gasteiger partial charge is 0.0406 e. The third-order valence-corrected chi connectivity index (χ3v) is 4.18. The van der Waals surface area contributed by atoms with Gasteiger partial charge in [-0.1, -0.05) is 50.4 Å². The van der Waals surface area contributed by atoms with Crippen molar-refractivity contribution in [2.45, 2.75) is 58.0 Å². The van der Waals surface area contributed by atoms with E-state index < -0.39 is 0 Å². The van der Waals surface area contributed by atoms with Crippen molar-refractivity contribution in [1.29, 1.82) is 0 Å². The van der Waals surface area contributed by atoms with Gasteiger partial charge in [-0.3, -0.25) is 0 Å². The Balaban J connectivity index is 1.96. The maximum Gasteiger partial charge on any atom is 0.0406 e. The number of hydrogen-bond donors (Lipinski definition) is 1. The van der Waals surface area contributed by atoms with Gasteiger partial charge in [-0.15, -0.1) is 0 Å². The Kier molecular flexibility index (Phi) is 5.08. The van der Waals surface area contributed by atoms with Crippen molar-refractivity contribution < 1.29 is 0 Å². The molecule has 0 aliphatic heterocycles. The molecule has 0 spiro atoms. The van der Waals surface area contributed by atoms with Crippen molar-refractivity contribution in [3.63, 3.8) is 0 Å². The van der Waals surface area contributed by atoms with Crippen molar-refractivity contribution in [3.05, 3.63) is 34.9 Å². The van der Waals surface area contributed by atoms with Crippen molar-refractivity contribution in [3.8, 4) is 0 Å². The number of benzene rings is 1. The van der Waals surface area contributed by atoms with Crippen LogP contribution < -0.4 is 5.32 Å². The van der Waals surface area contributed by atoms with E-state index in [4.69, 9.17) is 11.6 Å². The molecular formula is C16H24ClN. The van der Waals surface area contributed by atoms with Crippen molar-refractivity contribution in [2.24, 2.45) is 5.92 Å². The summed E-state index contributed by atoms with van der Waals surface area (Å²) < 4.78 is 0. The van der Waals surface area contributed by atoms with E-state index in [1.807, 2.05) is 12.1 Å². The van der Waals surface area contributed by atoms with Crippen molar-refractivity contribution in [2.75, 3.05) is 0 Å². The molecule has 0 radical (unpaired) electrons. The van der Waals surface area contributed by atoms with E-state index in [2.05, 4.69) is 31.3 Å². The molecule has 2 heteroatoms. The highest BCUT2D eigenvalue weighted by Gasteiger charge is 2.25. The summed E-state index contributed by atoms with van der Waals surface area (Å²) in [6.07, 6.45) is 6.58. The molecule has 0 heterocycles. The second-order valence-corrected chi connectivity index (χ2v) is 5.90. The topological polar surface area (TPSA) is 12.0 Å². The molecule has 0 bridgehead atoms. The second kappa shape index (κ2) is 6.58. The molecule has 1 aromatic rings. The van der Waals surface area contributed by atoms with Crippen LogP contribution in [0.25, 0.3) is 0 Å². The molecule has 1 fully saturated rings.